The zero-order chi connectivity index (χ0) is 13.8. The SMILES string of the molecule is CC(=O)CC(=O)[C@H]1CC[C@H](c2ccc(C)cc2)CC1. The molecule has 0 saturated heterocycles. The molecular formula is C17H22O2. The quantitative estimate of drug-likeness (QED) is 0.769. The van der Waals surface area contributed by atoms with Crippen molar-refractivity contribution in [2.24, 2.45) is 5.92 Å². The lowest BCUT2D eigenvalue weighted by atomic mass is 9.76. The second-order valence-corrected chi connectivity index (χ2v) is 5.80. The summed E-state index contributed by atoms with van der Waals surface area (Å²) in [5.74, 6) is 0.841. The fraction of sp³-hybridized carbons (Fsp3) is 0.529. The molecule has 1 aliphatic carbocycles. The van der Waals surface area contributed by atoms with Crippen LogP contribution in [0.5, 0.6) is 0 Å². The average molecular weight is 258 g/mol. The average Bonchev–Trinajstić information content (AvgIpc) is 2.39. The van der Waals surface area contributed by atoms with Crippen LogP contribution in [0.4, 0.5) is 0 Å². The number of carbonyl (C=O) groups is 2. The van der Waals surface area contributed by atoms with Gasteiger partial charge < -0.3 is 0 Å². The predicted octanol–water partition coefficient (Wildman–Crippen LogP) is 3.82. The number of rotatable bonds is 4. The van der Waals surface area contributed by atoms with Crippen molar-refractivity contribution < 1.29 is 9.59 Å². The minimum atomic E-state index is -0.00865. The minimum absolute atomic E-state index is 0.00865. The van der Waals surface area contributed by atoms with Crippen molar-refractivity contribution in [2.45, 2.75) is 51.9 Å². The Bertz CT molecular complexity index is 451. The number of aryl methyl sites for hydroxylation is 1. The number of hydrogen-bond acceptors (Lipinski definition) is 2. The molecule has 1 aromatic carbocycles. The summed E-state index contributed by atoms with van der Waals surface area (Å²) in [7, 11) is 0. The zero-order valence-corrected chi connectivity index (χ0v) is 11.8. The van der Waals surface area contributed by atoms with Gasteiger partial charge in [-0.1, -0.05) is 29.8 Å². The highest BCUT2D eigenvalue weighted by Gasteiger charge is 2.27. The third-order valence-corrected chi connectivity index (χ3v) is 4.15. The molecule has 19 heavy (non-hydrogen) atoms. The molecule has 0 unspecified atom stereocenters. The first-order chi connectivity index (χ1) is 9.06. The van der Waals surface area contributed by atoms with Crippen molar-refractivity contribution in [1.82, 2.24) is 0 Å². The number of benzene rings is 1. The van der Waals surface area contributed by atoms with E-state index in [1.165, 1.54) is 18.1 Å². The van der Waals surface area contributed by atoms with Crippen molar-refractivity contribution >= 4 is 11.6 Å². The highest BCUT2D eigenvalue weighted by atomic mass is 16.1. The third-order valence-electron chi connectivity index (χ3n) is 4.15. The summed E-state index contributed by atoms with van der Waals surface area (Å²) < 4.78 is 0. The van der Waals surface area contributed by atoms with Crippen molar-refractivity contribution in [3.63, 3.8) is 0 Å². The molecule has 0 heterocycles. The van der Waals surface area contributed by atoms with Crippen LogP contribution in [-0.4, -0.2) is 11.6 Å². The van der Waals surface area contributed by atoms with Gasteiger partial charge in [0, 0.05) is 5.92 Å². The third kappa shape index (κ3) is 3.76. The second kappa shape index (κ2) is 6.14. The summed E-state index contributed by atoms with van der Waals surface area (Å²) >= 11 is 0. The van der Waals surface area contributed by atoms with Crippen molar-refractivity contribution in [3.05, 3.63) is 35.4 Å². The summed E-state index contributed by atoms with van der Waals surface area (Å²) in [6.07, 6.45) is 4.13. The van der Waals surface area contributed by atoms with Crippen LogP contribution in [0.2, 0.25) is 0 Å². The Hall–Kier alpha value is -1.44. The van der Waals surface area contributed by atoms with Gasteiger partial charge in [0.15, 0.2) is 0 Å². The van der Waals surface area contributed by atoms with Gasteiger partial charge in [0.25, 0.3) is 0 Å². The van der Waals surface area contributed by atoms with Crippen LogP contribution >= 0.6 is 0 Å². The van der Waals surface area contributed by atoms with Crippen molar-refractivity contribution in [3.8, 4) is 0 Å². The standard InChI is InChI=1S/C17H22O2/c1-12-3-5-14(6-4-12)15-7-9-16(10-8-15)17(19)11-13(2)18/h3-6,15-16H,7-11H2,1-2H3/t15-,16-. The van der Waals surface area contributed by atoms with Gasteiger partial charge >= 0.3 is 0 Å². The minimum Gasteiger partial charge on any atom is -0.300 e. The Morgan fingerprint density at radius 1 is 1.05 bits per heavy atom. The molecule has 2 rings (SSSR count). The number of carbonyl (C=O) groups excluding carboxylic acids is 2. The lowest BCUT2D eigenvalue weighted by molar-refractivity contribution is -0.129. The molecule has 102 valence electrons. The first-order valence-corrected chi connectivity index (χ1v) is 7.15. The van der Waals surface area contributed by atoms with E-state index in [4.69, 9.17) is 0 Å². The summed E-state index contributed by atoms with van der Waals surface area (Å²) in [6.45, 7) is 3.59. The summed E-state index contributed by atoms with van der Waals surface area (Å²) in [5.41, 5.74) is 2.68. The lowest BCUT2D eigenvalue weighted by Gasteiger charge is -2.27. The Labute approximate surface area is 115 Å². The predicted molar refractivity (Wildman–Crippen MR) is 76.2 cm³/mol. The fourth-order valence-corrected chi connectivity index (χ4v) is 2.98. The van der Waals surface area contributed by atoms with E-state index in [0.717, 1.165) is 25.7 Å². The highest BCUT2D eigenvalue weighted by molar-refractivity contribution is 5.99. The van der Waals surface area contributed by atoms with Gasteiger partial charge in [-0.05, 0) is 51.0 Å². The highest BCUT2D eigenvalue weighted by Crippen LogP contribution is 2.36. The maximum Gasteiger partial charge on any atom is 0.143 e. The molecular weight excluding hydrogens is 236 g/mol. The maximum absolute atomic E-state index is 11.9. The van der Waals surface area contributed by atoms with Crippen LogP contribution < -0.4 is 0 Å². The molecule has 0 spiro atoms. The van der Waals surface area contributed by atoms with Gasteiger partial charge in [0.05, 0.1) is 6.42 Å². The molecule has 1 fully saturated rings. The lowest BCUT2D eigenvalue weighted by Crippen LogP contribution is -2.22. The maximum atomic E-state index is 11.9. The molecule has 2 heteroatoms. The molecule has 0 radical (unpaired) electrons. The van der Waals surface area contributed by atoms with E-state index in [1.54, 1.807) is 0 Å². The molecule has 1 aromatic rings. The van der Waals surface area contributed by atoms with E-state index in [2.05, 4.69) is 31.2 Å². The van der Waals surface area contributed by atoms with Crippen LogP contribution in [0, 0.1) is 12.8 Å². The fourth-order valence-electron chi connectivity index (χ4n) is 2.98. The molecule has 2 nitrogen and oxygen atoms in total. The molecule has 0 atom stereocenters. The van der Waals surface area contributed by atoms with Crippen LogP contribution in [0.1, 0.15) is 56.1 Å². The number of hydrogen-bond donors (Lipinski definition) is 0. The van der Waals surface area contributed by atoms with Gasteiger partial charge in [0.1, 0.15) is 11.6 Å². The zero-order valence-electron chi connectivity index (χ0n) is 11.8. The van der Waals surface area contributed by atoms with Gasteiger partial charge in [-0.2, -0.15) is 0 Å². The Morgan fingerprint density at radius 3 is 2.16 bits per heavy atom. The summed E-state index contributed by atoms with van der Waals surface area (Å²) in [6, 6.07) is 8.72. The molecule has 1 saturated carbocycles. The van der Waals surface area contributed by atoms with E-state index >= 15 is 0 Å². The van der Waals surface area contributed by atoms with Crippen molar-refractivity contribution in [2.75, 3.05) is 0 Å². The van der Waals surface area contributed by atoms with E-state index in [9.17, 15) is 9.59 Å². The molecule has 0 amide bonds. The van der Waals surface area contributed by atoms with E-state index in [1.807, 2.05) is 0 Å². The first kappa shape index (κ1) is 14.0. The van der Waals surface area contributed by atoms with Crippen LogP contribution in [0.25, 0.3) is 0 Å². The summed E-state index contributed by atoms with van der Waals surface area (Å²) in [5, 5.41) is 0. The molecule has 0 aromatic heterocycles. The molecule has 0 aliphatic heterocycles. The summed E-state index contributed by atoms with van der Waals surface area (Å²) in [4.78, 5) is 22.9. The normalized spacial score (nSPS) is 23.1. The van der Waals surface area contributed by atoms with Crippen molar-refractivity contribution in [1.29, 1.82) is 0 Å². The number of ketones is 2. The first-order valence-electron chi connectivity index (χ1n) is 7.15. The van der Waals surface area contributed by atoms with Crippen LogP contribution in [0.3, 0.4) is 0 Å². The molecule has 0 bridgehead atoms. The topological polar surface area (TPSA) is 34.1 Å². The van der Waals surface area contributed by atoms with E-state index < -0.39 is 0 Å². The Morgan fingerprint density at radius 2 is 1.63 bits per heavy atom. The van der Waals surface area contributed by atoms with E-state index in [0.29, 0.717) is 5.92 Å². The number of Topliss-reactive ketones (excluding diaryl/α,β-unsaturated/α-hetero) is 2. The largest absolute Gasteiger partial charge is 0.300 e. The van der Waals surface area contributed by atoms with Gasteiger partial charge in [0.2, 0.25) is 0 Å². The molecule has 0 N–H and O–H groups in total. The Balaban J connectivity index is 1.90. The van der Waals surface area contributed by atoms with Gasteiger partial charge in [-0.15, -0.1) is 0 Å². The Kier molecular flexibility index (Phi) is 4.52. The second-order valence-electron chi connectivity index (χ2n) is 5.80. The van der Waals surface area contributed by atoms with Gasteiger partial charge in [-0.3, -0.25) is 9.59 Å². The smallest absolute Gasteiger partial charge is 0.143 e. The van der Waals surface area contributed by atoms with Gasteiger partial charge in [-0.25, -0.2) is 0 Å². The van der Waals surface area contributed by atoms with E-state index in [-0.39, 0.29) is 23.9 Å². The molecule has 1 aliphatic rings. The van der Waals surface area contributed by atoms with Crippen LogP contribution in [0.15, 0.2) is 24.3 Å². The van der Waals surface area contributed by atoms with Crippen LogP contribution in [-0.2, 0) is 9.59 Å². The monoisotopic (exact) mass is 258 g/mol.